The number of rotatable bonds is 18. The molecule has 0 aliphatic heterocycles. The Hall–Kier alpha value is 0. The zero-order chi connectivity index (χ0) is 17.2. The van der Waals surface area contributed by atoms with E-state index in [0.717, 1.165) is 11.8 Å². The van der Waals surface area contributed by atoms with Gasteiger partial charge in [0.15, 0.2) is 0 Å². The predicted octanol–water partition coefficient (Wildman–Crippen LogP) is 8.93. The van der Waals surface area contributed by atoms with E-state index in [-0.39, 0.29) is 0 Å². The Labute approximate surface area is 149 Å². The van der Waals surface area contributed by atoms with Crippen LogP contribution in [0.25, 0.3) is 0 Å². The summed E-state index contributed by atoms with van der Waals surface area (Å²) < 4.78 is 0. The maximum atomic E-state index is 2.43. The molecule has 0 aliphatic carbocycles. The van der Waals surface area contributed by atoms with Crippen molar-refractivity contribution in [2.75, 3.05) is 0 Å². The third kappa shape index (κ3) is 15.3. The first-order chi connectivity index (χ1) is 11.3. The first kappa shape index (κ1) is 23.0. The summed E-state index contributed by atoms with van der Waals surface area (Å²) in [6.45, 7) is 9.40. The van der Waals surface area contributed by atoms with Crippen LogP contribution in [0.3, 0.4) is 0 Å². The molecule has 2 atom stereocenters. The van der Waals surface area contributed by atoms with Gasteiger partial charge in [0.1, 0.15) is 0 Å². The van der Waals surface area contributed by atoms with Crippen molar-refractivity contribution in [3.05, 3.63) is 0 Å². The predicted molar refractivity (Wildman–Crippen MR) is 108 cm³/mol. The Morgan fingerprint density at radius 3 is 1.35 bits per heavy atom. The van der Waals surface area contributed by atoms with Crippen LogP contribution in [0.5, 0.6) is 0 Å². The third-order valence-electron chi connectivity index (χ3n) is 5.64. The van der Waals surface area contributed by atoms with Crippen molar-refractivity contribution in [2.45, 2.75) is 137 Å². The van der Waals surface area contributed by atoms with Crippen LogP contribution < -0.4 is 0 Å². The maximum absolute atomic E-state index is 2.43. The Morgan fingerprint density at radius 2 is 0.826 bits per heavy atom. The van der Waals surface area contributed by atoms with Crippen LogP contribution in [0.15, 0.2) is 0 Å². The lowest BCUT2D eigenvalue weighted by molar-refractivity contribution is 0.294. The largest absolute Gasteiger partial charge is 0.0654 e. The molecule has 0 saturated heterocycles. The van der Waals surface area contributed by atoms with Gasteiger partial charge in [-0.2, -0.15) is 0 Å². The van der Waals surface area contributed by atoms with E-state index in [4.69, 9.17) is 0 Å². The molecule has 0 rings (SSSR count). The standard InChI is InChI=1S/C23H48/c1-5-9-12-14-17-20-23(19-15-11-7-3)21-22(8-4)18-16-13-10-6-2/h22-23H,5-21H2,1-4H3. The van der Waals surface area contributed by atoms with Gasteiger partial charge in [-0.05, 0) is 18.3 Å². The van der Waals surface area contributed by atoms with Crippen LogP contribution in [0.1, 0.15) is 137 Å². The van der Waals surface area contributed by atoms with Crippen LogP contribution in [0, 0.1) is 11.8 Å². The van der Waals surface area contributed by atoms with E-state index in [1.165, 1.54) is 109 Å². The highest BCUT2D eigenvalue weighted by atomic mass is 14.2. The molecule has 23 heavy (non-hydrogen) atoms. The second kappa shape index (κ2) is 18.3. The van der Waals surface area contributed by atoms with Crippen molar-refractivity contribution in [3.63, 3.8) is 0 Å². The van der Waals surface area contributed by atoms with Crippen molar-refractivity contribution < 1.29 is 0 Å². The zero-order valence-corrected chi connectivity index (χ0v) is 17.2. The minimum absolute atomic E-state index is 1.01. The van der Waals surface area contributed by atoms with Crippen molar-refractivity contribution in [3.8, 4) is 0 Å². The number of hydrogen-bond acceptors (Lipinski definition) is 0. The van der Waals surface area contributed by atoms with E-state index in [1.807, 2.05) is 0 Å². The lowest BCUT2D eigenvalue weighted by Crippen LogP contribution is -2.09. The molecule has 140 valence electrons. The van der Waals surface area contributed by atoms with E-state index in [2.05, 4.69) is 27.7 Å². The topological polar surface area (TPSA) is 0 Å². The molecular formula is C23H48. The summed E-state index contributed by atoms with van der Waals surface area (Å²) >= 11 is 0. The zero-order valence-electron chi connectivity index (χ0n) is 17.2. The Balaban J connectivity index is 4.06. The van der Waals surface area contributed by atoms with Gasteiger partial charge in [0.2, 0.25) is 0 Å². The van der Waals surface area contributed by atoms with E-state index < -0.39 is 0 Å². The molecule has 0 nitrogen and oxygen atoms in total. The molecule has 0 heteroatoms. The van der Waals surface area contributed by atoms with Crippen molar-refractivity contribution in [2.24, 2.45) is 11.8 Å². The molecule has 0 aliphatic rings. The molecule has 0 spiro atoms. The minimum atomic E-state index is 1.01. The fourth-order valence-corrected chi connectivity index (χ4v) is 3.92. The minimum Gasteiger partial charge on any atom is -0.0654 e. The normalized spacial score (nSPS) is 14.1. The smallest absolute Gasteiger partial charge is 0.0412 e. The molecule has 0 radical (unpaired) electrons. The molecule has 0 fully saturated rings. The van der Waals surface area contributed by atoms with E-state index in [9.17, 15) is 0 Å². The van der Waals surface area contributed by atoms with Crippen LogP contribution in [0.4, 0.5) is 0 Å². The lowest BCUT2D eigenvalue weighted by Gasteiger charge is -2.23. The summed E-state index contributed by atoms with van der Waals surface area (Å²) in [7, 11) is 0. The fourth-order valence-electron chi connectivity index (χ4n) is 3.92. The first-order valence-electron chi connectivity index (χ1n) is 11.3. The third-order valence-corrected chi connectivity index (χ3v) is 5.64. The molecule has 0 bridgehead atoms. The van der Waals surface area contributed by atoms with E-state index in [0.29, 0.717) is 0 Å². The second-order valence-electron chi connectivity index (χ2n) is 7.92. The number of unbranched alkanes of at least 4 members (excludes halogenated alkanes) is 9. The Morgan fingerprint density at radius 1 is 0.435 bits per heavy atom. The van der Waals surface area contributed by atoms with Crippen LogP contribution in [0.2, 0.25) is 0 Å². The van der Waals surface area contributed by atoms with Crippen molar-refractivity contribution >= 4 is 0 Å². The molecule has 0 N–H and O–H groups in total. The highest BCUT2D eigenvalue weighted by Gasteiger charge is 2.15. The van der Waals surface area contributed by atoms with Gasteiger partial charge in [0.05, 0.1) is 0 Å². The van der Waals surface area contributed by atoms with Gasteiger partial charge in [-0.1, -0.05) is 130 Å². The van der Waals surface area contributed by atoms with Crippen LogP contribution in [-0.2, 0) is 0 Å². The molecule has 2 unspecified atom stereocenters. The van der Waals surface area contributed by atoms with Gasteiger partial charge in [0, 0.05) is 0 Å². The average Bonchev–Trinajstić information content (AvgIpc) is 2.57. The van der Waals surface area contributed by atoms with E-state index in [1.54, 1.807) is 0 Å². The molecule has 0 saturated carbocycles. The van der Waals surface area contributed by atoms with Crippen molar-refractivity contribution in [1.82, 2.24) is 0 Å². The highest BCUT2D eigenvalue weighted by molar-refractivity contribution is 4.67. The summed E-state index contributed by atoms with van der Waals surface area (Å²) in [5.74, 6) is 2.04. The van der Waals surface area contributed by atoms with E-state index >= 15 is 0 Å². The summed E-state index contributed by atoms with van der Waals surface area (Å²) in [6, 6.07) is 0. The molecule has 0 amide bonds. The Bertz CT molecular complexity index is 208. The molecule has 0 aromatic heterocycles. The van der Waals surface area contributed by atoms with Gasteiger partial charge >= 0.3 is 0 Å². The van der Waals surface area contributed by atoms with Gasteiger partial charge in [-0.25, -0.2) is 0 Å². The van der Waals surface area contributed by atoms with Gasteiger partial charge in [-0.15, -0.1) is 0 Å². The SMILES string of the molecule is CCCCCCCC(CCCCC)CC(CC)CCCCCC. The highest BCUT2D eigenvalue weighted by Crippen LogP contribution is 2.29. The maximum Gasteiger partial charge on any atom is -0.0412 e. The Kier molecular flexibility index (Phi) is 18.3. The number of hydrogen-bond donors (Lipinski definition) is 0. The molecule has 0 aromatic rings. The van der Waals surface area contributed by atoms with Crippen LogP contribution >= 0.6 is 0 Å². The molecule has 0 heterocycles. The van der Waals surface area contributed by atoms with Crippen LogP contribution in [-0.4, -0.2) is 0 Å². The summed E-state index contributed by atoms with van der Waals surface area (Å²) in [6.07, 6.45) is 24.7. The fraction of sp³-hybridized carbons (Fsp3) is 1.00. The summed E-state index contributed by atoms with van der Waals surface area (Å²) in [4.78, 5) is 0. The molecule has 0 aromatic carbocycles. The summed E-state index contributed by atoms with van der Waals surface area (Å²) in [5, 5.41) is 0. The first-order valence-corrected chi connectivity index (χ1v) is 11.3. The second-order valence-corrected chi connectivity index (χ2v) is 7.92. The lowest BCUT2D eigenvalue weighted by atomic mass is 9.83. The monoisotopic (exact) mass is 324 g/mol. The average molecular weight is 325 g/mol. The van der Waals surface area contributed by atoms with Gasteiger partial charge in [0.25, 0.3) is 0 Å². The van der Waals surface area contributed by atoms with Crippen molar-refractivity contribution in [1.29, 1.82) is 0 Å². The molecular weight excluding hydrogens is 276 g/mol. The quantitative estimate of drug-likeness (QED) is 0.221. The van der Waals surface area contributed by atoms with Gasteiger partial charge in [-0.3, -0.25) is 0 Å². The van der Waals surface area contributed by atoms with Gasteiger partial charge < -0.3 is 0 Å². The summed E-state index contributed by atoms with van der Waals surface area (Å²) in [5.41, 5.74) is 0.